The van der Waals surface area contributed by atoms with Crippen molar-refractivity contribution in [1.82, 2.24) is 0 Å². The van der Waals surface area contributed by atoms with Gasteiger partial charge in [-0.1, -0.05) is 30.4 Å². The van der Waals surface area contributed by atoms with Gasteiger partial charge in [0.25, 0.3) is 0 Å². The van der Waals surface area contributed by atoms with Gasteiger partial charge in [0.15, 0.2) is 0 Å². The summed E-state index contributed by atoms with van der Waals surface area (Å²) in [6.07, 6.45) is 3.42. The molecule has 0 aliphatic heterocycles. The number of phenols is 1. The zero-order valence-corrected chi connectivity index (χ0v) is 12.4. The van der Waals surface area contributed by atoms with E-state index in [1.54, 1.807) is 36.4 Å². The molecule has 0 fully saturated rings. The molecule has 2 aromatic rings. The van der Waals surface area contributed by atoms with E-state index >= 15 is 0 Å². The number of rotatable bonds is 6. The number of nitrogens with zero attached hydrogens (tertiary/aromatic N) is 2. The lowest BCUT2D eigenvalue weighted by Crippen LogP contribution is -1.87. The van der Waals surface area contributed by atoms with E-state index in [9.17, 15) is 0 Å². The van der Waals surface area contributed by atoms with E-state index in [1.807, 2.05) is 30.3 Å². The molecule has 0 aliphatic carbocycles. The molecule has 2 aromatic carbocycles. The molecule has 4 nitrogen and oxygen atoms in total. The van der Waals surface area contributed by atoms with Crippen molar-refractivity contribution in [2.75, 3.05) is 13.2 Å². The van der Waals surface area contributed by atoms with Gasteiger partial charge >= 0.3 is 0 Å². The molecular formula is C18H20N2O2. The first kappa shape index (κ1) is 17.3. The highest BCUT2D eigenvalue weighted by Gasteiger charge is 1.90. The summed E-state index contributed by atoms with van der Waals surface area (Å²) in [5.41, 5.74) is 1.53. The van der Waals surface area contributed by atoms with Gasteiger partial charge < -0.3 is 9.84 Å². The van der Waals surface area contributed by atoms with Crippen molar-refractivity contribution in [1.29, 1.82) is 0 Å². The molecule has 0 radical (unpaired) electrons. The molecule has 0 aliphatic rings. The van der Waals surface area contributed by atoms with Crippen LogP contribution in [-0.2, 0) is 4.74 Å². The van der Waals surface area contributed by atoms with E-state index in [2.05, 4.69) is 23.4 Å². The van der Waals surface area contributed by atoms with Gasteiger partial charge in [-0.2, -0.15) is 10.2 Å². The fraction of sp³-hybridized carbons (Fsp3) is 0.111. The van der Waals surface area contributed by atoms with Crippen LogP contribution in [0.15, 0.2) is 90.1 Å². The monoisotopic (exact) mass is 296 g/mol. The molecule has 2 rings (SSSR count). The highest BCUT2D eigenvalue weighted by molar-refractivity contribution is 5.42. The third-order valence-corrected chi connectivity index (χ3v) is 2.36. The Kier molecular flexibility index (Phi) is 8.66. The lowest BCUT2D eigenvalue weighted by Gasteiger charge is -1.93. The number of phenolic OH excluding ortho intramolecular Hbond substituents is 1. The first-order chi connectivity index (χ1) is 10.8. The van der Waals surface area contributed by atoms with Crippen LogP contribution in [0.5, 0.6) is 5.75 Å². The van der Waals surface area contributed by atoms with Crippen LogP contribution in [0.25, 0.3) is 0 Å². The van der Waals surface area contributed by atoms with Crippen LogP contribution < -0.4 is 0 Å². The maximum absolute atomic E-state index is 9.07. The molecule has 0 atom stereocenters. The van der Waals surface area contributed by atoms with Gasteiger partial charge in [-0.15, -0.1) is 13.2 Å². The molecule has 0 heterocycles. The number of hydrogen-bond acceptors (Lipinski definition) is 4. The predicted octanol–water partition coefficient (Wildman–Crippen LogP) is 5.18. The molecule has 114 valence electrons. The lowest BCUT2D eigenvalue weighted by atomic mass is 10.3. The van der Waals surface area contributed by atoms with Gasteiger partial charge in [0, 0.05) is 0 Å². The second-order valence-corrected chi connectivity index (χ2v) is 4.17. The maximum atomic E-state index is 9.07. The smallest absolute Gasteiger partial charge is 0.115 e. The second kappa shape index (κ2) is 11.0. The molecule has 0 bridgehead atoms. The first-order valence-electron chi connectivity index (χ1n) is 6.81. The van der Waals surface area contributed by atoms with Crippen molar-refractivity contribution < 1.29 is 9.84 Å². The van der Waals surface area contributed by atoms with Gasteiger partial charge in [0.05, 0.1) is 24.6 Å². The van der Waals surface area contributed by atoms with Crippen molar-refractivity contribution in [3.63, 3.8) is 0 Å². The summed E-state index contributed by atoms with van der Waals surface area (Å²) < 4.78 is 4.90. The summed E-state index contributed by atoms with van der Waals surface area (Å²) in [5, 5.41) is 17.2. The quantitative estimate of drug-likeness (QED) is 0.453. The Bertz CT molecular complexity index is 570. The topological polar surface area (TPSA) is 54.2 Å². The van der Waals surface area contributed by atoms with E-state index in [0.717, 1.165) is 11.4 Å². The largest absolute Gasteiger partial charge is 0.508 e. The molecule has 1 N–H and O–H groups in total. The molecule has 0 spiro atoms. The van der Waals surface area contributed by atoms with E-state index in [0.29, 0.717) is 13.2 Å². The van der Waals surface area contributed by atoms with E-state index in [-0.39, 0.29) is 5.75 Å². The number of aromatic hydroxyl groups is 1. The number of ether oxygens (including phenoxy) is 1. The molecule has 0 saturated heterocycles. The average molecular weight is 296 g/mol. The average Bonchev–Trinajstić information content (AvgIpc) is 2.56. The summed E-state index contributed by atoms with van der Waals surface area (Å²) in [6, 6.07) is 16.1. The fourth-order valence-corrected chi connectivity index (χ4v) is 1.36. The third-order valence-electron chi connectivity index (χ3n) is 2.36. The summed E-state index contributed by atoms with van der Waals surface area (Å²) in [6.45, 7) is 8.18. The zero-order valence-electron chi connectivity index (χ0n) is 12.4. The van der Waals surface area contributed by atoms with Crippen molar-refractivity contribution in [3.8, 4) is 5.75 Å². The Hall–Kier alpha value is -2.72. The Morgan fingerprint density at radius 1 is 0.818 bits per heavy atom. The van der Waals surface area contributed by atoms with Crippen molar-refractivity contribution >= 4 is 11.4 Å². The second-order valence-electron chi connectivity index (χ2n) is 4.17. The number of hydrogen-bond donors (Lipinski definition) is 1. The summed E-state index contributed by atoms with van der Waals surface area (Å²) in [7, 11) is 0. The summed E-state index contributed by atoms with van der Waals surface area (Å²) in [4.78, 5) is 0. The van der Waals surface area contributed by atoms with E-state index < -0.39 is 0 Å². The molecule has 4 heteroatoms. The Balaban J connectivity index is 0.000000295. The molecule has 0 unspecified atom stereocenters. The van der Waals surface area contributed by atoms with Crippen molar-refractivity contribution in [2.45, 2.75) is 0 Å². The minimum atomic E-state index is 0.230. The third kappa shape index (κ3) is 7.77. The van der Waals surface area contributed by atoms with Crippen LogP contribution in [-0.4, -0.2) is 18.3 Å². The van der Waals surface area contributed by atoms with Gasteiger partial charge in [-0.3, -0.25) is 0 Å². The molecule has 0 amide bonds. The lowest BCUT2D eigenvalue weighted by molar-refractivity contribution is 0.194. The maximum Gasteiger partial charge on any atom is 0.115 e. The van der Waals surface area contributed by atoms with Crippen LogP contribution >= 0.6 is 0 Å². The SMILES string of the molecule is C=CCOCC=C.Oc1ccc(N=Nc2ccccc2)cc1. The minimum Gasteiger partial charge on any atom is -0.508 e. The number of azo groups is 1. The van der Waals surface area contributed by atoms with Crippen LogP contribution in [0.4, 0.5) is 11.4 Å². The standard InChI is InChI=1S/C12H10N2O.C6H10O/c15-12-8-6-11(7-9-12)14-13-10-4-2-1-3-5-10;1-3-5-7-6-4-2/h1-9,15H;3-4H,1-2,5-6H2. The molecule has 0 saturated carbocycles. The van der Waals surface area contributed by atoms with Crippen LogP contribution in [0.3, 0.4) is 0 Å². The normalized spacial score (nSPS) is 9.82. The zero-order chi connectivity index (χ0) is 16.0. The van der Waals surface area contributed by atoms with Gasteiger partial charge in [-0.05, 0) is 36.4 Å². The molecule has 0 aromatic heterocycles. The van der Waals surface area contributed by atoms with Crippen molar-refractivity contribution in [2.24, 2.45) is 10.2 Å². The Morgan fingerprint density at radius 3 is 1.82 bits per heavy atom. The Morgan fingerprint density at radius 2 is 1.32 bits per heavy atom. The van der Waals surface area contributed by atoms with E-state index in [1.165, 1.54) is 0 Å². The van der Waals surface area contributed by atoms with Crippen molar-refractivity contribution in [3.05, 3.63) is 79.9 Å². The van der Waals surface area contributed by atoms with E-state index in [4.69, 9.17) is 9.84 Å². The minimum absolute atomic E-state index is 0.230. The highest BCUT2D eigenvalue weighted by atomic mass is 16.5. The van der Waals surface area contributed by atoms with Gasteiger partial charge in [-0.25, -0.2) is 0 Å². The summed E-state index contributed by atoms with van der Waals surface area (Å²) >= 11 is 0. The predicted molar refractivity (Wildman–Crippen MR) is 89.9 cm³/mol. The fourth-order valence-electron chi connectivity index (χ4n) is 1.36. The van der Waals surface area contributed by atoms with Gasteiger partial charge in [0.2, 0.25) is 0 Å². The van der Waals surface area contributed by atoms with Crippen LogP contribution in [0, 0.1) is 0 Å². The number of benzene rings is 2. The van der Waals surface area contributed by atoms with Gasteiger partial charge in [0.1, 0.15) is 5.75 Å². The molecule has 22 heavy (non-hydrogen) atoms. The van der Waals surface area contributed by atoms with Crippen LogP contribution in [0.1, 0.15) is 0 Å². The highest BCUT2D eigenvalue weighted by Crippen LogP contribution is 2.19. The Labute approximate surface area is 131 Å². The molecular weight excluding hydrogens is 276 g/mol. The van der Waals surface area contributed by atoms with Crippen LogP contribution in [0.2, 0.25) is 0 Å². The first-order valence-corrected chi connectivity index (χ1v) is 6.81. The summed E-state index contributed by atoms with van der Waals surface area (Å²) in [5.74, 6) is 0.230.